The zero-order chi connectivity index (χ0) is 21.2. The Kier molecular flexibility index (Phi) is 5.27. The smallest absolute Gasteiger partial charge is 0.232 e. The molecule has 0 fully saturated rings. The molecule has 0 unspecified atom stereocenters. The summed E-state index contributed by atoms with van der Waals surface area (Å²) in [5.74, 6) is 2.07. The highest BCUT2D eigenvalue weighted by atomic mass is 32.1. The van der Waals surface area contributed by atoms with E-state index in [9.17, 15) is 4.79 Å². The van der Waals surface area contributed by atoms with Crippen LogP contribution in [0.3, 0.4) is 0 Å². The molecule has 1 aliphatic rings. The minimum atomic E-state index is -0.154. The molecule has 4 aromatic rings. The fourth-order valence-electron chi connectivity index (χ4n) is 3.10. The molecule has 1 amide bonds. The number of nitrogens with zero attached hydrogens (tertiary/aromatic N) is 2. The molecule has 5 rings (SSSR count). The molecule has 0 aliphatic carbocycles. The van der Waals surface area contributed by atoms with E-state index in [0.29, 0.717) is 10.9 Å². The van der Waals surface area contributed by atoms with E-state index in [4.69, 9.17) is 14.2 Å². The van der Waals surface area contributed by atoms with Crippen LogP contribution in [0.25, 0.3) is 21.8 Å². The molecule has 7 nitrogen and oxygen atoms in total. The van der Waals surface area contributed by atoms with Gasteiger partial charge in [0, 0.05) is 21.9 Å². The number of hydrogen-bond acceptors (Lipinski definition) is 8. The summed E-state index contributed by atoms with van der Waals surface area (Å²) < 4.78 is 15.9. The number of aromatic nitrogens is 2. The Hall–Kier alpha value is -3.43. The fraction of sp³-hybridized carbons (Fsp3) is 0.136. The number of thiazole rings is 2. The van der Waals surface area contributed by atoms with Crippen molar-refractivity contribution in [1.82, 2.24) is 9.97 Å². The minimum absolute atomic E-state index is 0.154. The van der Waals surface area contributed by atoms with Crippen LogP contribution in [0.15, 0.2) is 53.2 Å². The van der Waals surface area contributed by atoms with Crippen molar-refractivity contribution in [1.29, 1.82) is 0 Å². The normalized spacial score (nSPS) is 12.0. The molecule has 1 aliphatic heterocycles. The second-order valence-corrected chi connectivity index (χ2v) is 8.42. The lowest BCUT2D eigenvalue weighted by Crippen LogP contribution is -2.14. The van der Waals surface area contributed by atoms with Crippen LogP contribution in [-0.2, 0) is 11.2 Å². The van der Waals surface area contributed by atoms with Gasteiger partial charge in [-0.3, -0.25) is 4.79 Å². The number of anilines is 1. The SMILES string of the molecule is COc1ccc(-c2nc(CC(=O)Nc3nc(-c4ccc5c(c4)OCO5)cs3)cs2)cc1. The Balaban J connectivity index is 1.23. The lowest BCUT2D eigenvalue weighted by molar-refractivity contribution is -0.115. The van der Waals surface area contributed by atoms with E-state index < -0.39 is 0 Å². The molecule has 31 heavy (non-hydrogen) atoms. The van der Waals surface area contributed by atoms with E-state index in [1.165, 1.54) is 22.7 Å². The second kappa shape index (κ2) is 8.37. The van der Waals surface area contributed by atoms with Gasteiger partial charge in [-0.05, 0) is 42.5 Å². The van der Waals surface area contributed by atoms with Crippen molar-refractivity contribution < 1.29 is 19.0 Å². The van der Waals surface area contributed by atoms with Gasteiger partial charge in [-0.2, -0.15) is 0 Å². The molecular formula is C22H17N3O4S2. The molecule has 2 aromatic heterocycles. The lowest BCUT2D eigenvalue weighted by atomic mass is 10.1. The largest absolute Gasteiger partial charge is 0.497 e. The first-order valence-corrected chi connectivity index (χ1v) is 11.2. The molecule has 9 heteroatoms. The van der Waals surface area contributed by atoms with Gasteiger partial charge in [0.1, 0.15) is 10.8 Å². The predicted octanol–water partition coefficient (Wildman–Crippen LogP) is 4.85. The lowest BCUT2D eigenvalue weighted by Gasteiger charge is -2.01. The molecule has 0 atom stereocenters. The van der Waals surface area contributed by atoms with Gasteiger partial charge in [-0.1, -0.05) is 0 Å². The highest BCUT2D eigenvalue weighted by molar-refractivity contribution is 7.14. The summed E-state index contributed by atoms with van der Waals surface area (Å²) in [6.45, 7) is 0.230. The van der Waals surface area contributed by atoms with Crippen LogP contribution in [0, 0.1) is 0 Å². The number of nitrogens with one attached hydrogen (secondary N) is 1. The number of carbonyl (C=O) groups is 1. The molecule has 156 valence electrons. The zero-order valence-electron chi connectivity index (χ0n) is 16.5. The Morgan fingerprint density at radius 1 is 1.03 bits per heavy atom. The van der Waals surface area contributed by atoms with Crippen LogP contribution in [-0.4, -0.2) is 29.8 Å². The van der Waals surface area contributed by atoms with Crippen molar-refractivity contribution in [2.45, 2.75) is 6.42 Å². The van der Waals surface area contributed by atoms with E-state index >= 15 is 0 Å². The van der Waals surface area contributed by atoms with Crippen LogP contribution in [0.5, 0.6) is 17.2 Å². The molecule has 1 N–H and O–H groups in total. The quantitative estimate of drug-likeness (QED) is 0.451. The first kappa shape index (κ1) is 19.5. The standard InChI is InChI=1S/C22H17N3O4S2/c1-27-16-5-2-13(3-6-16)21-23-15(10-30-21)9-20(26)25-22-24-17(11-31-22)14-4-7-18-19(8-14)29-12-28-18/h2-8,10-11H,9,12H2,1H3,(H,24,25,26). The fourth-order valence-corrected chi connectivity index (χ4v) is 4.66. The maximum absolute atomic E-state index is 12.5. The first-order chi connectivity index (χ1) is 15.2. The summed E-state index contributed by atoms with van der Waals surface area (Å²) in [6.07, 6.45) is 0.186. The number of hydrogen-bond donors (Lipinski definition) is 1. The van der Waals surface area contributed by atoms with Gasteiger partial charge in [0.15, 0.2) is 16.6 Å². The van der Waals surface area contributed by atoms with Crippen LogP contribution < -0.4 is 19.5 Å². The van der Waals surface area contributed by atoms with Gasteiger partial charge in [-0.15, -0.1) is 22.7 Å². The van der Waals surface area contributed by atoms with Crippen molar-refractivity contribution >= 4 is 33.7 Å². The van der Waals surface area contributed by atoms with Crippen LogP contribution in [0.2, 0.25) is 0 Å². The summed E-state index contributed by atoms with van der Waals surface area (Å²) >= 11 is 2.89. The van der Waals surface area contributed by atoms with Gasteiger partial charge in [-0.25, -0.2) is 9.97 Å². The van der Waals surface area contributed by atoms with Crippen LogP contribution >= 0.6 is 22.7 Å². The van der Waals surface area contributed by atoms with Gasteiger partial charge >= 0.3 is 0 Å². The third-order valence-electron chi connectivity index (χ3n) is 4.65. The summed E-state index contributed by atoms with van der Waals surface area (Å²) in [6, 6.07) is 13.4. The van der Waals surface area contributed by atoms with E-state index in [2.05, 4.69) is 15.3 Å². The number of methoxy groups -OCH3 is 1. The summed E-state index contributed by atoms with van der Waals surface area (Å²) in [7, 11) is 1.63. The van der Waals surface area contributed by atoms with E-state index in [1.807, 2.05) is 53.2 Å². The number of benzene rings is 2. The predicted molar refractivity (Wildman–Crippen MR) is 120 cm³/mol. The summed E-state index contributed by atoms with van der Waals surface area (Å²) in [4.78, 5) is 21.6. The summed E-state index contributed by atoms with van der Waals surface area (Å²) in [5.41, 5.74) is 3.39. The van der Waals surface area contributed by atoms with Gasteiger partial charge < -0.3 is 19.5 Å². The Labute approximate surface area is 186 Å². The number of fused-ring (bicyclic) bond motifs is 1. The van der Waals surface area contributed by atoms with Crippen LogP contribution in [0.4, 0.5) is 5.13 Å². The van der Waals surface area contributed by atoms with Gasteiger partial charge in [0.05, 0.1) is 24.9 Å². The second-order valence-electron chi connectivity index (χ2n) is 6.70. The first-order valence-electron chi connectivity index (χ1n) is 9.42. The van der Waals surface area contributed by atoms with Crippen molar-refractivity contribution in [3.63, 3.8) is 0 Å². The molecule has 3 heterocycles. The monoisotopic (exact) mass is 451 g/mol. The highest BCUT2D eigenvalue weighted by Gasteiger charge is 2.16. The maximum atomic E-state index is 12.5. The minimum Gasteiger partial charge on any atom is -0.497 e. The Morgan fingerprint density at radius 2 is 1.84 bits per heavy atom. The molecular weight excluding hydrogens is 434 g/mol. The van der Waals surface area contributed by atoms with Crippen molar-refractivity contribution in [3.05, 3.63) is 58.9 Å². The Morgan fingerprint density at radius 3 is 2.68 bits per heavy atom. The summed E-state index contributed by atoms with van der Waals surface area (Å²) in [5, 5.41) is 8.07. The molecule has 0 radical (unpaired) electrons. The van der Waals surface area contributed by atoms with E-state index in [1.54, 1.807) is 7.11 Å². The van der Waals surface area contributed by atoms with Crippen molar-refractivity contribution in [2.24, 2.45) is 0 Å². The average molecular weight is 452 g/mol. The average Bonchev–Trinajstić information content (AvgIpc) is 3.54. The van der Waals surface area contributed by atoms with Crippen molar-refractivity contribution in [3.8, 4) is 39.1 Å². The van der Waals surface area contributed by atoms with Crippen molar-refractivity contribution in [2.75, 3.05) is 19.2 Å². The zero-order valence-corrected chi connectivity index (χ0v) is 18.1. The Bertz CT molecular complexity index is 1230. The van der Waals surface area contributed by atoms with Gasteiger partial charge in [0.25, 0.3) is 0 Å². The van der Waals surface area contributed by atoms with Crippen LogP contribution in [0.1, 0.15) is 5.69 Å². The molecule has 0 saturated heterocycles. The number of rotatable bonds is 6. The van der Waals surface area contributed by atoms with Gasteiger partial charge in [0.2, 0.25) is 12.7 Å². The van der Waals surface area contributed by atoms with E-state index in [-0.39, 0.29) is 19.1 Å². The maximum Gasteiger partial charge on any atom is 0.232 e. The highest BCUT2D eigenvalue weighted by Crippen LogP contribution is 2.36. The molecule has 0 bridgehead atoms. The van der Waals surface area contributed by atoms with E-state index in [0.717, 1.165) is 39.0 Å². The molecule has 0 spiro atoms. The number of carbonyl (C=O) groups excluding carboxylic acids is 1. The topological polar surface area (TPSA) is 82.6 Å². The third kappa shape index (κ3) is 4.23. The number of ether oxygens (including phenoxy) is 3. The third-order valence-corrected chi connectivity index (χ3v) is 6.35. The molecule has 0 saturated carbocycles. The molecule has 2 aromatic carbocycles. The number of amides is 1.